The third kappa shape index (κ3) is 2.47. The first-order chi connectivity index (χ1) is 8.93. The molecule has 1 amide bonds. The Labute approximate surface area is 111 Å². The zero-order valence-corrected chi connectivity index (χ0v) is 10.8. The molecule has 2 rings (SSSR count). The Morgan fingerprint density at radius 1 is 1.53 bits per heavy atom. The quantitative estimate of drug-likeness (QED) is 0.717. The van der Waals surface area contributed by atoms with E-state index in [1.807, 2.05) is 0 Å². The Morgan fingerprint density at radius 2 is 2.21 bits per heavy atom. The van der Waals surface area contributed by atoms with Crippen LogP contribution in [0, 0.1) is 0 Å². The van der Waals surface area contributed by atoms with Crippen LogP contribution in [0.4, 0.5) is 4.79 Å². The van der Waals surface area contributed by atoms with Crippen LogP contribution >= 0.6 is 11.3 Å². The van der Waals surface area contributed by atoms with Gasteiger partial charge in [-0.25, -0.2) is 4.79 Å². The largest absolute Gasteiger partial charge is 0.468 e. The van der Waals surface area contributed by atoms with Gasteiger partial charge in [0, 0.05) is 0 Å². The normalized spacial score (nSPS) is 18.0. The fourth-order valence-electron chi connectivity index (χ4n) is 1.91. The molecule has 1 aliphatic rings. The summed E-state index contributed by atoms with van der Waals surface area (Å²) in [6.45, 7) is -0.403. The van der Waals surface area contributed by atoms with Crippen molar-refractivity contribution in [2.75, 3.05) is 13.7 Å². The second-order valence-corrected chi connectivity index (χ2v) is 5.01. The maximum atomic E-state index is 11.8. The van der Waals surface area contributed by atoms with Crippen molar-refractivity contribution < 1.29 is 24.5 Å². The number of hydrogen-bond donors (Lipinski definition) is 2. The van der Waals surface area contributed by atoms with Crippen molar-refractivity contribution >= 4 is 23.4 Å². The number of carboxylic acid groups (broad SMARTS) is 1. The molecule has 1 atom stereocenters. The number of amides is 1. The Morgan fingerprint density at radius 3 is 2.79 bits per heavy atom. The van der Waals surface area contributed by atoms with Crippen LogP contribution in [-0.2, 0) is 22.6 Å². The molecule has 2 heterocycles. The smallest absolute Gasteiger partial charge is 0.407 e. The molecule has 9 heteroatoms. The van der Waals surface area contributed by atoms with Gasteiger partial charge in [0.15, 0.2) is 0 Å². The summed E-state index contributed by atoms with van der Waals surface area (Å²) in [6, 6.07) is 0. The van der Waals surface area contributed by atoms with E-state index in [0.717, 1.165) is 20.8 Å². The van der Waals surface area contributed by atoms with Crippen LogP contribution in [0.3, 0.4) is 0 Å². The molecule has 1 aromatic heterocycles. The molecule has 19 heavy (non-hydrogen) atoms. The Balaban J connectivity index is 2.40. The second kappa shape index (κ2) is 5.02. The molecule has 0 fully saturated rings. The highest BCUT2D eigenvalue weighted by Crippen LogP contribution is 2.28. The highest BCUT2D eigenvalue weighted by Gasteiger charge is 2.32. The zero-order chi connectivity index (χ0) is 14.2. The van der Waals surface area contributed by atoms with Gasteiger partial charge in [-0.2, -0.15) is 0 Å². The molecule has 1 aromatic rings. The number of aromatic nitrogens is 1. The summed E-state index contributed by atoms with van der Waals surface area (Å²) in [5, 5.41) is 18.8. The molecule has 8 nitrogen and oxygen atoms in total. The van der Waals surface area contributed by atoms with Gasteiger partial charge in [-0.15, -0.1) is 0 Å². The third-order valence-corrected chi connectivity index (χ3v) is 3.97. The van der Waals surface area contributed by atoms with Crippen molar-refractivity contribution in [2.45, 2.75) is 19.2 Å². The van der Waals surface area contributed by atoms with Gasteiger partial charge < -0.3 is 14.9 Å². The average Bonchev–Trinajstić information content (AvgIpc) is 2.67. The van der Waals surface area contributed by atoms with Crippen molar-refractivity contribution in [3.05, 3.63) is 20.2 Å². The number of carbonyl (C=O) groups is 2. The van der Waals surface area contributed by atoms with Gasteiger partial charge in [0.25, 0.3) is 0 Å². The van der Waals surface area contributed by atoms with Crippen LogP contribution in [0.1, 0.15) is 16.7 Å². The molecule has 0 saturated heterocycles. The number of methoxy groups -OCH3 is 1. The minimum atomic E-state index is -1.19. The lowest BCUT2D eigenvalue weighted by molar-refractivity contribution is -0.141. The van der Waals surface area contributed by atoms with E-state index in [1.54, 1.807) is 0 Å². The number of aliphatic hydroxyl groups excluding tert-OH is 1. The summed E-state index contributed by atoms with van der Waals surface area (Å²) in [6.07, 6.45) is -2.23. The fraction of sp³-hybridized carbons (Fsp3) is 0.500. The molecule has 1 aliphatic heterocycles. The fourth-order valence-corrected chi connectivity index (χ4v) is 2.89. The number of thiazole rings is 1. The van der Waals surface area contributed by atoms with E-state index in [-0.39, 0.29) is 19.6 Å². The molecule has 0 radical (unpaired) electrons. The minimum Gasteiger partial charge on any atom is -0.468 e. The Hall–Kier alpha value is -1.87. The third-order valence-electron chi connectivity index (χ3n) is 2.85. The van der Waals surface area contributed by atoms with Crippen molar-refractivity contribution in [1.29, 1.82) is 0 Å². The number of fused-ring (bicyclic) bond motifs is 1. The molecule has 0 spiro atoms. The predicted octanol–water partition coefficient (Wildman–Crippen LogP) is -0.390. The monoisotopic (exact) mass is 288 g/mol. The van der Waals surface area contributed by atoms with Gasteiger partial charge in [0.05, 0.1) is 30.8 Å². The molecule has 0 bridgehead atoms. The number of esters is 1. The summed E-state index contributed by atoms with van der Waals surface area (Å²) >= 11 is 0.821. The molecule has 0 saturated carbocycles. The highest BCUT2D eigenvalue weighted by molar-refractivity contribution is 7.09. The number of nitrogens with zero attached hydrogens (tertiary/aromatic N) is 2. The first-order valence-corrected chi connectivity index (χ1v) is 6.20. The number of β-amino-alcohol motifs (C(OH)–C–C–N with tert-alkyl or cyclic N) is 1. The zero-order valence-electron chi connectivity index (χ0n) is 10.0. The first-order valence-electron chi connectivity index (χ1n) is 5.39. The van der Waals surface area contributed by atoms with E-state index in [0.29, 0.717) is 10.6 Å². The van der Waals surface area contributed by atoms with E-state index >= 15 is 0 Å². The topological polar surface area (TPSA) is 109 Å². The van der Waals surface area contributed by atoms with Gasteiger partial charge in [0.1, 0.15) is 12.6 Å². The van der Waals surface area contributed by atoms with Gasteiger partial charge in [0.2, 0.25) is 0 Å². The van der Waals surface area contributed by atoms with Gasteiger partial charge in [-0.1, -0.05) is 11.3 Å². The van der Waals surface area contributed by atoms with Crippen LogP contribution in [0.25, 0.3) is 0 Å². The Kier molecular flexibility index (Phi) is 3.58. The van der Waals surface area contributed by atoms with E-state index in [9.17, 15) is 19.5 Å². The van der Waals surface area contributed by atoms with Crippen molar-refractivity contribution in [3.8, 4) is 0 Å². The number of rotatable bonds is 2. The van der Waals surface area contributed by atoms with Crippen molar-refractivity contribution in [3.63, 3.8) is 0 Å². The highest BCUT2D eigenvalue weighted by atomic mass is 32.1. The Bertz CT molecular complexity index is 577. The number of carbonyl (C=O) groups excluding carboxylic acids is 1. The molecule has 104 valence electrons. The van der Waals surface area contributed by atoms with Crippen molar-refractivity contribution in [1.82, 2.24) is 9.47 Å². The SMILES string of the molecule is COC(=O)Cn1c2c(sc1=O)C(O)CN(C(=O)O)C2. The number of hydrogen-bond acceptors (Lipinski definition) is 6. The summed E-state index contributed by atoms with van der Waals surface area (Å²) < 4.78 is 5.63. The van der Waals surface area contributed by atoms with Gasteiger partial charge in [-0.05, 0) is 0 Å². The summed E-state index contributed by atoms with van der Waals surface area (Å²) in [4.78, 5) is 35.0. The lowest BCUT2D eigenvalue weighted by atomic mass is 10.1. The molecular formula is C10H12N2O6S. The van der Waals surface area contributed by atoms with Crippen LogP contribution in [-0.4, -0.2) is 45.4 Å². The predicted molar refractivity (Wildman–Crippen MR) is 64.0 cm³/mol. The lowest BCUT2D eigenvalue weighted by Crippen LogP contribution is -2.38. The summed E-state index contributed by atoms with van der Waals surface area (Å²) in [7, 11) is 1.20. The van der Waals surface area contributed by atoms with E-state index < -0.39 is 23.0 Å². The summed E-state index contributed by atoms with van der Waals surface area (Å²) in [5.74, 6) is -0.607. The summed E-state index contributed by atoms with van der Waals surface area (Å²) in [5.41, 5.74) is 0.349. The molecule has 0 aromatic carbocycles. The number of ether oxygens (including phenoxy) is 1. The molecule has 1 unspecified atom stereocenters. The molecule has 2 N–H and O–H groups in total. The average molecular weight is 288 g/mol. The van der Waals surface area contributed by atoms with Crippen LogP contribution in [0.2, 0.25) is 0 Å². The maximum absolute atomic E-state index is 11.8. The van der Waals surface area contributed by atoms with Crippen LogP contribution in [0.5, 0.6) is 0 Å². The van der Waals surface area contributed by atoms with E-state index in [4.69, 9.17) is 5.11 Å². The van der Waals surface area contributed by atoms with Crippen LogP contribution < -0.4 is 4.87 Å². The van der Waals surface area contributed by atoms with Crippen LogP contribution in [0.15, 0.2) is 4.79 Å². The minimum absolute atomic E-state index is 0.0303. The van der Waals surface area contributed by atoms with Gasteiger partial charge in [-0.3, -0.25) is 19.1 Å². The lowest BCUT2D eigenvalue weighted by Gasteiger charge is -2.28. The van der Waals surface area contributed by atoms with Crippen molar-refractivity contribution in [2.24, 2.45) is 0 Å². The standard InChI is InChI=1S/C10H12N2O6S/c1-18-7(14)4-12-5-2-11(9(15)16)3-6(13)8(5)19-10(12)17/h6,13H,2-4H2,1H3,(H,15,16). The van der Waals surface area contributed by atoms with E-state index in [2.05, 4.69) is 4.74 Å². The van der Waals surface area contributed by atoms with Gasteiger partial charge >= 0.3 is 16.9 Å². The number of aliphatic hydroxyl groups is 1. The first kappa shape index (κ1) is 13.6. The second-order valence-electron chi connectivity index (χ2n) is 4.02. The maximum Gasteiger partial charge on any atom is 0.407 e. The molecule has 0 aliphatic carbocycles. The van der Waals surface area contributed by atoms with E-state index in [1.165, 1.54) is 7.11 Å². The molecular weight excluding hydrogens is 276 g/mol.